The Morgan fingerprint density at radius 3 is 2.45 bits per heavy atom. The topological polar surface area (TPSA) is 88.0 Å². The van der Waals surface area contributed by atoms with Crippen molar-refractivity contribution >= 4 is 40.7 Å². The monoisotopic (exact) mass is 603 g/mol. The van der Waals surface area contributed by atoms with Crippen LogP contribution in [0.3, 0.4) is 0 Å². The highest BCUT2D eigenvalue weighted by atomic mass is 32.2. The molecule has 0 radical (unpaired) electrons. The third-order valence-electron chi connectivity index (χ3n) is 7.82. The van der Waals surface area contributed by atoms with Gasteiger partial charge in [-0.2, -0.15) is 13.2 Å². The zero-order valence-electron chi connectivity index (χ0n) is 23.9. The summed E-state index contributed by atoms with van der Waals surface area (Å²) in [6.07, 6.45) is 2.72. The van der Waals surface area contributed by atoms with E-state index in [2.05, 4.69) is 24.6 Å². The smallest absolute Gasteiger partial charge is 0.361 e. The Kier molecular flexibility index (Phi) is 8.94. The molecule has 9 nitrogen and oxygen atoms in total. The van der Waals surface area contributed by atoms with Crippen LogP contribution in [-0.4, -0.2) is 93.0 Å². The number of nitrogens with zero attached hydrogens (tertiary/aromatic N) is 5. The zero-order valence-corrected chi connectivity index (χ0v) is 25.7. The summed E-state index contributed by atoms with van der Waals surface area (Å²) in [7, 11) is -2.98. The van der Waals surface area contributed by atoms with Crippen LogP contribution in [0.25, 0.3) is 11.0 Å². The van der Waals surface area contributed by atoms with Crippen molar-refractivity contribution in [1.29, 1.82) is 0 Å². The van der Waals surface area contributed by atoms with Gasteiger partial charge >= 0.3 is 6.18 Å². The van der Waals surface area contributed by atoms with Crippen LogP contribution in [0.4, 0.5) is 18.9 Å². The van der Waals surface area contributed by atoms with Crippen molar-refractivity contribution in [2.75, 3.05) is 44.6 Å². The molecular weight excluding hydrogens is 563 g/mol. The Labute approximate surface area is 235 Å². The molecule has 0 N–H and O–H groups in total. The number of rotatable bonds is 10. The average Bonchev–Trinajstić information content (AvgIpc) is 3.25. The molecular formula is C26H40F3N5O4SSi. The lowest BCUT2D eigenvalue weighted by molar-refractivity contribution is -0.141. The Balaban J connectivity index is 1.60. The van der Waals surface area contributed by atoms with Gasteiger partial charge in [-0.3, -0.25) is 4.79 Å². The van der Waals surface area contributed by atoms with E-state index in [1.54, 1.807) is 7.05 Å². The number of halogens is 3. The van der Waals surface area contributed by atoms with E-state index >= 15 is 0 Å². The lowest BCUT2D eigenvalue weighted by Gasteiger charge is -2.45. The first-order valence-electron chi connectivity index (χ1n) is 13.6. The van der Waals surface area contributed by atoms with E-state index in [1.165, 1.54) is 16.8 Å². The molecule has 0 bridgehead atoms. The molecule has 0 atom stereocenters. The van der Waals surface area contributed by atoms with Crippen molar-refractivity contribution in [2.24, 2.45) is 5.92 Å². The first-order valence-corrected chi connectivity index (χ1v) is 19.2. The third kappa shape index (κ3) is 7.37. The average molecular weight is 604 g/mol. The van der Waals surface area contributed by atoms with Gasteiger partial charge in [0.15, 0.2) is 0 Å². The Bertz CT molecular complexity index is 1320. The summed E-state index contributed by atoms with van der Waals surface area (Å²) in [5, 5.41) is 0.713. The second-order valence-corrected chi connectivity index (χ2v) is 20.0. The van der Waals surface area contributed by atoms with Crippen molar-refractivity contribution in [3.8, 4) is 0 Å². The van der Waals surface area contributed by atoms with Gasteiger partial charge in [0.1, 0.15) is 18.9 Å². The van der Waals surface area contributed by atoms with Crippen molar-refractivity contribution < 1.29 is 31.1 Å². The number of aromatic nitrogens is 2. The number of sulfonamides is 1. The number of anilines is 1. The molecule has 4 rings (SSSR count). The fourth-order valence-electron chi connectivity index (χ4n) is 5.50. The molecule has 1 amide bonds. The third-order valence-corrected chi connectivity index (χ3v) is 10.8. The molecule has 2 aromatic heterocycles. The van der Waals surface area contributed by atoms with E-state index in [4.69, 9.17) is 4.74 Å². The lowest BCUT2D eigenvalue weighted by atomic mass is 9.84. The summed E-state index contributed by atoms with van der Waals surface area (Å²) in [4.78, 5) is 20.5. The second kappa shape index (κ2) is 11.6. The number of carbonyl (C=O) groups is 1. The molecule has 40 heavy (non-hydrogen) atoms. The van der Waals surface area contributed by atoms with E-state index < -0.39 is 36.7 Å². The predicted molar refractivity (Wildman–Crippen MR) is 151 cm³/mol. The van der Waals surface area contributed by atoms with E-state index in [1.807, 2.05) is 21.7 Å². The highest BCUT2D eigenvalue weighted by Gasteiger charge is 2.41. The van der Waals surface area contributed by atoms with Crippen LogP contribution in [-0.2, 0) is 21.5 Å². The minimum atomic E-state index is -4.53. The van der Waals surface area contributed by atoms with Gasteiger partial charge in [-0.05, 0) is 43.7 Å². The molecule has 0 spiro atoms. The van der Waals surface area contributed by atoms with Crippen LogP contribution >= 0.6 is 0 Å². The first kappa shape index (κ1) is 30.8. The van der Waals surface area contributed by atoms with Crippen LogP contribution in [0.15, 0.2) is 18.5 Å². The summed E-state index contributed by atoms with van der Waals surface area (Å²) in [6.45, 7) is 6.68. The van der Waals surface area contributed by atoms with Gasteiger partial charge < -0.3 is 19.1 Å². The number of pyridine rings is 1. The molecule has 0 saturated heterocycles. The van der Waals surface area contributed by atoms with Crippen LogP contribution < -0.4 is 4.90 Å². The Morgan fingerprint density at radius 2 is 1.85 bits per heavy atom. The molecule has 3 heterocycles. The second-order valence-electron chi connectivity index (χ2n) is 12.3. The SMILES string of the molecule is CN(CC1CCC(N2CN(CC(F)(F)F)C(=O)c3cnc4c(ccn4COCC[Si](C)(C)C)c32)CC1)S(C)(=O)=O. The van der Waals surface area contributed by atoms with Crippen LogP contribution in [0.2, 0.25) is 25.7 Å². The normalized spacial score (nSPS) is 21.0. The van der Waals surface area contributed by atoms with Gasteiger partial charge in [0.25, 0.3) is 5.91 Å². The Morgan fingerprint density at radius 1 is 1.18 bits per heavy atom. The number of fused-ring (bicyclic) bond motifs is 3. The molecule has 1 saturated carbocycles. The van der Waals surface area contributed by atoms with E-state index in [9.17, 15) is 26.4 Å². The van der Waals surface area contributed by atoms with Crippen LogP contribution in [0.5, 0.6) is 0 Å². The summed E-state index contributed by atoms with van der Waals surface area (Å²) < 4.78 is 73.1. The molecule has 224 valence electrons. The van der Waals surface area contributed by atoms with Gasteiger partial charge in [0.05, 0.1) is 24.2 Å². The maximum atomic E-state index is 13.4. The standard InChI is InChI=1S/C26H40F3N5O4SSi/c1-31(39(2,36)37)15-19-6-8-20(9-7-19)34-17-33(16-26(27,28)29)25(35)22-14-30-24-21(23(22)34)10-11-32(24)18-38-12-13-40(3,4)5/h10-11,14,19-20H,6-9,12-13,15-18H2,1-5H3. The van der Waals surface area contributed by atoms with E-state index in [0.29, 0.717) is 49.4 Å². The summed E-state index contributed by atoms with van der Waals surface area (Å²) >= 11 is 0. The number of hydrogen-bond donors (Lipinski definition) is 0. The maximum Gasteiger partial charge on any atom is 0.406 e. The first-order chi connectivity index (χ1) is 18.5. The minimum Gasteiger partial charge on any atom is -0.361 e. The largest absolute Gasteiger partial charge is 0.406 e. The number of alkyl halides is 3. The van der Waals surface area contributed by atoms with Crippen LogP contribution in [0, 0.1) is 5.92 Å². The minimum absolute atomic E-state index is 0.0932. The molecule has 2 aliphatic rings. The number of carbonyl (C=O) groups excluding carboxylic acids is 1. The Hall–Kier alpha value is -2.16. The van der Waals surface area contributed by atoms with E-state index in [-0.39, 0.29) is 24.2 Å². The molecule has 1 fully saturated rings. The molecule has 2 aromatic rings. The van der Waals surface area contributed by atoms with E-state index in [0.717, 1.165) is 23.8 Å². The summed E-state index contributed by atoms with van der Waals surface area (Å²) in [6, 6.07) is 2.79. The van der Waals surface area contributed by atoms with Gasteiger partial charge in [-0.25, -0.2) is 17.7 Å². The van der Waals surface area contributed by atoms with Crippen molar-refractivity contribution in [3.05, 3.63) is 24.0 Å². The van der Waals surface area contributed by atoms with Crippen molar-refractivity contribution in [1.82, 2.24) is 18.8 Å². The summed E-state index contributed by atoms with van der Waals surface area (Å²) in [5.74, 6) is -0.513. The highest BCUT2D eigenvalue weighted by molar-refractivity contribution is 7.88. The van der Waals surface area contributed by atoms with Crippen molar-refractivity contribution in [2.45, 2.75) is 70.3 Å². The lowest BCUT2D eigenvalue weighted by Crippen LogP contribution is -2.54. The predicted octanol–water partition coefficient (Wildman–Crippen LogP) is 4.58. The van der Waals surface area contributed by atoms with Gasteiger partial charge in [-0.1, -0.05) is 19.6 Å². The molecule has 0 aromatic carbocycles. The number of ether oxygens (including phenoxy) is 1. The van der Waals surface area contributed by atoms with Crippen molar-refractivity contribution in [3.63, 3.8) is 0 Å². The molecule has 1 aliphatic heterocycles. The van der Waals surface area contributed by atoms with Gasteiger partial charge in [0, 0.05) is 52.1 Å². The molecule has 14 heteroatoms. The fraction of sp³-hybridized carbons (Fsp3) is 0.692. The molecule has 1 aliphatic carbocycles. The van der Waals surface area contributed by atoms with Crippen LogP contribution in [0.1, 0.15) is 36.0 Å². The zero-order chi connectivity index (χ0) is 29.5. The number of hydrogen-bond acceptors (Lipinski definition) is 6. The quantitative estimate of drug-likeness (QED) is 0.292. The maximum absolute atomic E-state index is 13.4. The van der Waals surface area contributed by atoms with Gasteiger partial charge in [0.2, 0.25) is 10.0 Å². The van der Waals surface area contributed by atoms with Gasteiger partial charge in [-0.15, -0.1) is 0 Å². The molecule has 0 unspecified atom stereocenters. The highest BCUT2D eigenvalue weighted by Crippen LogP contribution is 2.40. The summed E-state index contributed by atoms with van der Waals surface area (Å²) in [5.41, 5.74) is 1.41. The number of amides is 1. The fourth-order valence-corrected chi connectivity index (χ4v) is 6.74.